The lowest BCUT2D eigenvalue weighted by molar-refractivity contribution is -0.128. The molecule has 1 aromatic carbocycles. The summed E-state index contributed by atoms with van der Waals surface area (Å²) in [5.41, 5.74) is 1.64. The van der Waals surface area contributed by atoms with Crippen LogP contribution >= 0.6 is 0 Å². The molecule has 0 spiro atoms. The van der Waals surface area contributed by atoms with Crippen molar-refractivity contribution in [3.05, 3.63) is 42.5 Å². The smallest absolute Gasteiger partial charge is 0.238 e. The molecule has 0 fully saturated rings. The van der Waals surface area contributed by atoms with Crippen LogP contribution in [0.3, 0.4) is 0 Å². The van der Waals surface area contributed by atoms with Crippen LogP contribution in [0.4, 0.5) is 5.69 Å². The summed E-state index contributed by atoms with van der Waals surface area (Å²) in [6.45, 7) is 4.40. The van der Waals surface area contributed by atoms with Gasteiger partial charge in [0.25, 0.3) is 0 Å². The van der Waals surface area contributed by atoms with Gasteiger partial charge in [0, 0.05) is 26.3 Å². The Kier molecular flexibility index (Phi) is 6.46. The number of hydrogen-bond acceptors (Lipinski definition) is 3. The average Bonchev–Trinajstić information content (AvgIpc) is 2.41. The zero-order chi connectivity index (χ0) is 15.0. The van der Waals surface area contributed by atoms with Gasteiger partial charge in [0.05, 0.1) is 13.0 Å². The van der Waals surface area contributed by atoms with Crippen molar-refractivity contribution < 1.29 is 9.59 Å². The second kappa shape index (κ2) is 8.12. The third kappa shape index (κ3) is 5.67. The summed E-state index contributed by atoms with van der Waals surface area (Å²) < 4.78 is 0. The fourth-order valence-electron chi connectivity index (χ4n) is 1.53. The first-order valence-corrected chi connectivity index (χ1v) is 6.43. The standard InChI is InChI=1S/C15H21N3O2/c1-4-9-16-11-14(19)17-13-7-5-12(6-8-13)10-15(20)18(2)3/h4-8,16H,1,9-11H2,2-3H3,(H,17,19). The van der Waals surface area contributed by atoms with Gasteiger partial charge >= 0.3 is 0 Å². The molecule has 0 heterocycles. The molecule has 0 atom stereocenters. The zero-order valence-corrected chi connectivity index (χ0v) is 12.0. The minimum absolute atomic E-state index is 0.0513. The highest BCUT2D eigenvalue weighted by molar-refractivity contribution is 5.92. The Bertz CT molecular complexity index is 467. The Morgan fingerprint density at radius 1 is 1.25 bits per heavy atom. The van der Waals surface area contributed by atoms with Gasteiger partial charge in [0.1, 0.15) is 0 Å². The predicted octanol–water partition coefficient (Wildman–Crippen LogP) is 1.03. The molecule has 0 bridgehead atoms. The highest BCUT2D eigenvalue weighted by Gasteiger charge is 2.06. The molecule has 5 heteroatoms. The van der Waals surface area contributed by atoms with Crippen LogP contribution < -0.4 is 10.6 Å². The van der Waals surface area contributed by atoms with E-state index in [0.29, 0.717) is 13.0 Å². The van der Waals surface area contributed by atoms with Crippen LogP contribution in [0.25, 0.3) is 0 Å². The molecule has 0 aliphatic carbocycles. The molecule has 0 unspecified atom stereocenters. The molecule has 2 amide bonds. The normalized spacial score (nSPS) is 9.90. The Balaban J connectivity index is 2.48. The predicted molar refractivity (Wildman–Crippen MR) is 80.5 cm³/mol. The molecule has 0 aromatic heterocycles. The molecule has 2 N–H and O–H groups in total. The van der Waals surface area contributed by atoms with Crippen molar-refractivity contribution in [3.63, 3.8) is 0 Å². The summed E-state index contributed by atoms with van der Waals surface area (Å²) in [4.78, 5) is 24.7. The number of anilines is 1. The Labute approximate surface area is 119 Å². The van der Waals surface area contributed by atoms with Gasteiger partial charge < -0.3 is 15.5 Å². The van der Waals surface area contributed by atoms with Crippen LogP contribution in [0.5, 0.6) is 0 Å². The van der Waals surface area contributed by atoms with E-state index >= 15 is 0 Å². The molecule has 0 aliphatic rings. The van der Waals surface area contributed by atoms with Crippen molar-refractivity contribution in [2.45, 2.75) is 6.42 Å². The minimum atomic E-state index is -0.107. The van der Waals surface area contributed by atoms with Crippen molar-refractivity contribution in [1.82, 2.24) is 10.2 Å². The van der Waals surface area contributed by atoms with Crippen LogP contribution in [-0.4, -0.2) is 43.9 Å². The van der Waals surface area contributed by atoms with Crippen LogP contribution in [-0.2, 0) is 16.0 Å². The van der Waals surface area contributed by atoms with E-state index in [0.717, 1.165) is 11.3 Å². The van der Waals surface area contributed by atoms with Gasteiger partial charge in [-0.15, -0.1) is 6.58 Å². The Hall–Kier alpha value is -2.14. The first kappa shape index (κ1) is 15.9. The second-order valence-electron chi connectivity index (χ2n) is 4.63. The summed E-state index contributed by atoms with van der Waals surface area (Å²) >= 11 is 0. The van der Waals surface area contributed by atoms with E-state index in [9.17, 15) is 9.59 Å². The Morgan fingerprint density at radius 2 is 1.90 bits per heavy atom. The van der Waals surface area contributed by atoms with Gasteiger partial charge in [0.2, 0.25) is 11.8 Å². The van der Waals surface area contributed by atoms with Crippen LogP contribution in [0, 0.1) is 0 Å². The maximum atomic E-state index is 11.6. The van der Waals surface area contributed by atoms with Crippen molar-refractivity contribution in [2.75, 3.05) is 32.5 Å². The van der Waals surface area contributed by atoms with Gasteiger partial charge in [-0.2, -0.15) is 0 Å². The minimum Gasteiger partial charge on any atom is -0.349 e. The van der Waals surface area contributed by atoms with E-state index < -0.39 is 0 Å². The quantitative estimate of drug-likeness (QED) is 0.577. The maximum absolute atomic E-state index is 11.6. The highest BCUT2D eigenvalue weighted by Crippen LogP contribution is 2.10. The van der Waals surface area contributed by atoms with Crippen LogP contribution in [0.15, 0.2) is 36.9 Å². The zero-order valence-electron chi connectivity index (χ0n) is 12.0. The maximum Gasteiger partial charge on any atom is 0.238 e. The van der Waals surface area contributed by atoms with Crippen molar-refractivity contribution >= 4 is 17.5 Å². The van der Waals surface area contributed by atoms with Gasteiger partial charge in [-0.3, -0.25) is 9.59 Å². The number of likely N-dealkylation sites (N-methyl/N-ethyl adjacent to an activating group) is 1. The number of amides is 2. The van der Waals surface area contributed by atoms with Crippen molar-refractivity contribution in [3.8, 4) is 0 Å². The molecule has 0 radical (unpaired) electrons. The molecule has 1 aromatic rings. The van der Waals surface area contributed by atoms with Crippen LogP contribution in [0.2, 0.25) is 0 Å². The molecule has 20 heavy (non-hydrogen) atoms. The van der Waals surface area contributed by atoms with E-state index in [4.69, 9.17) is 0 Å². The van der Waals surface area contributed by atoms with Gasteiger partial charge in [-0.25, -0.2) is 0 Å². The topological polar surface area (TPSA) is 61.4 Å². The van der Waals surface area contributed by atoms with E-state index in [-0.39, 0.29) is 18.4 Å². The molecule has 0 saturated heterocycles. The third-order valence-electron chi connectivity index (χ3n) is 2.67. The fourth-order valence-corrected chi connectivity index (χ4v) is 1.53. The largest absolute Gasteiger partial charge is 0.349 e. The molecule has 5 nitrogen and oxygen atoms in total. The Morgan fingerprint density at radius 3 is 2.45 bits per heavy atom. The molecule has 0 saturated carbocycles. The van der Waals surface area contributed by atoms with Gasteiger partial charge in [-0.1, -0.05) is 18.2 Å². The van der Waals surface area contributed by atoms with E-state index in [2.05, 4.69) is 17.2 Å². The lowest BCUT2D eigenvalue weighted by Crippen LogP contribution is -2.28. The SMILES string of the molecule is C=CCNCC(=O)Nc1ccc(CC(=O)N(C)C)cc1. The average molecular weight is 275 g/mol. The third-order valence-corrected chi connectivity index (χ3v) is 2.67. The number of nitrogens with zero attached hydrogens (tertiary/aromatic N) is 1. The van der Waals surface area contributed by atoms with Crippen molar-refractivity contribution in [2.24, 2.45) is 0 Å². The number of nitrogens with one attached hydrogen (secondary N) is 2. The molecule has 1 rings (SSSR count). The second-order valence-corrected chi connectivity index (χ2v) is 4.63. The number of carbonyl (C=O) groups excluding carboxylic acids is 2. The first-order valence-electron chi connectivity index (χ1n) is 6.43. The summed E-state index contributed by atoms with van der Waals surface area (Å²) in [5.74, 6) is -0.0561. The molecule has 0 aliphatic heterocycles. The van der Waals surface area contributed by atoms with Gasteiger partial charge in [0.15, 0.2) is 0 Å². The van der Waals surface area contributed by atoms with E-state index in [1.165, 1.54) is 0 Å². The lowest BCUT2D eigenvalue weighted by Gasteiger charge is -2.10. The lowest BCUT2D eigenvalue weighted by atomic mass is 10.1. The van der Waals surface area contributed by atoms with E-state index in [1.807, 2.05) is 12.1 Å². The molecular formula is C15H21N3O2. The number of hydrogen-bond donors (Lipinski definition) is 2. The summed E-state index contributed by atoms with van der Waals surface area (Å²) in [5, 5.41) is 5.70. The summed E-state index contributed by atoms with van der Waals surface area (Å²) in [6, 6.07) is 7.27. The number of rotatable bonds is 7. The fraction of sp³-hybridized carbons (Fsp3) is 0.333. The molecule has 108 valence electrons. The monoisotopic (exact) mass is 275 g/mol. The highest BCUT2D eigenvalue weighted by atomic mass is 16.2. The van der Waals surface area contributed by atoms with Gasteiger partial charge in [-0.05, 0) is 17.7 Å². The summed E-state index contributed by atoms with van der Waals surface area (Å²) in [7, 11) is 3.46. The van der Waals surface area contributed by atoms with E-state index in [1.54, 1.807) is 37.2 Å². The van der Waals surface area contributed by atoms with Crippen LogP contribution in [0.1, 0.15) is 5.56 Å². The molecular weight excluding hydrogens is 254 g/mol. The first-order chi connectivity index (χ1) is 9.52. The van der Waals surface area contributed by atoms with Crippen molar-refractivity contribution in [1.29, 1.82) is 0 Å². The number of benzene rings is 1. The summed E-state index contributed by atoms with van der Waals surface area (Å²) in [6.07, 6.45) is 2.06. The number of carbonyl (C=O) groups is 2.